The van der Waals surface area contributed by atoms with Gasteiger partial charge in [-0.2, -0.15) is 0 Å². The highest BCUT2D eigenvalue weighted by atomic mass is 31.2. The molecule has 0 amide bonds. The molecule has 9 saturated heterocycles. The van der Waals surface area contributed by atoms with Gasteiger partial charge in [0, 0.05) is 72.5 Å². The lowest BCUT2D eigenvalue weighted by Gasteiger charge is -2.50. The molecule has 22 heteroatoms. The summed E-state index contributed by atoms with van der Waals surface area (Å²) in [5.74, 6) is 6.02. The Labute approximate surface area is 478 Å². The molecule has 6 unspecified atom stereocenters. The van der Waals surface area contributed by atoms with Gasteiger partial charge < -0.3 is 58.9 Å². The van der Waals surface area contributed by atoms with Gasteiger partial charge in [-0.15, -0.1) is 19.7 Å². The summed E-state index contributed by atoms with van der Waals surface area (Å²) in [4.78, 5) is 63.7. The van der Waals surface area contributed by atoms with E-state index in [1.54, 1.807) is 39.9 Å². The predicted molar refractivity (Wildman–Crippen MR) is 314 cm³/mol. The number of hydrogen-bond acceptors (Lipinski definition) is 14. The normalized spacial score (nSPS) is 28.0. The summed E-state index contributed by atoms with van der Waals surface area (Å²) in [7, 11) is -4.29. The summed E-state index contributed by atoms with van der Waals surface area (Å²) in [6.45, 7) is 18.2. The molecule has 9 aliphatic rings. The largest absolute Gasteiger partial charge is 0.497 e. The number of aromatic nitrogens is 3. The zero-order valence-corrected chi connectivity index (χ0v) is 48.4. The fraction of sp³-hybridized carbons (Fsp3) is 0.450. The van der Waals surface area contributed by atoms with E-state index in [9.17, 15) is 15.3 Å². The van der Waals surface area contributed by atoms with Crippen molar-refractivity contribution in [2.24, 2.45) is 35.5 Å². The number of rotatable bonds is 12. The summed E-state index contributed by atoms with van der Waals surface area (Å²) in [5.41, 5.74) is 5.54. The summed E-state index contributed by atoms with van der Waals surface area (Å²) in [6, 6.07) is 23.9. The summed E-state index contributed by atoms with van der Waals surface area (Å²) in [6.07, 6.45) is 16.9. The zero-order valence-electron chi connectivity index (χ0n) is 46.6. The van der Waals surface area contributed by atoms with Crippen LogP contribution in [-0.2, 0) is 9.13 Å². The van der Waals surface area contributed by atoms with Crippen molar-refractivity contribution in [2.45, 2.75) is 75.0 Å². The van der Waals surface area contributed by atoms with Crippen LogP contribution >= 0.6 is 15.6 Å². The van der Waals surface area contributed by atoms with Crippen LogP contribution in [0.3, 0.4) is 0 Å². The second-order valence-electron chi connectivity index (χ2n) is 21.9. The number of aliphatic hydroxyl groups is 3. The number of aliphatic hydroxyl groups excluding tert-OH is 3. The van der Waals surface area contributed by atoms with E-state index in [4.69, 9.17) is 52.7 Å². The van der Waals surface area contributed by atoms with E-state index < -0.39 is 34.0 Å². The molecule has 3 aromatic carbocycles. The van der Waals surface area contributed by atoms with E-state index in [1.165, 1.54) is 19.3 Å². The Hall–Kier alpha value is -5.51. The molecule has 20 nitrogen and oxygen atoms in total. The number of piperidine rings is 9. The molecule has 3 aromatic heterocycles. The van der Waals surface area contributed by atoms with E-state index >= 15 is 0 Å². The van der Waals surface area contributed by atoms with Crippen LogP contribution < -0.4 is 14.2 Å². The number of hydrogen-bond donors (Lipinski definition) is 9. The summed E-state index contributed by atoms with van der Waals surface area (Å²) < 4.78 is 33.8. The topological polar surface area (TPSA) is 292 Å². The van der Waals surface area contributed by atoms with Gasteiger partial charge in [0.1, 0.15) is 17.2 Å². The first kappa shape index (κ1) is 62.5. The van der Waals surface area contributed by atoms with Gasteiger partial charge in [0.05, 0.1) is 56.2 Å². The number of ether oxygens (including phenoxy) is 3. The van der Waals surface area contributed by atoms with Gasteiger partial charge in [-0.3, -0.25) is 29.7 Å². The third kappa shape index (κ3) is 15.2. The molecule has 0 saturated carbocycles. The molecule has 6 bridgehead atoms. The molecule has 0 aliphatic carbocycles. The summed E-state index contributed by atoms with van der Waals surface area (Å²) in [5, 5.41) is 36.4. The molecule has 0 radical (unpaired) electrons. The van der Waals surface area contributed by atoms with Gasteiger partial charge in [-0.05, 0) is 183 Å². The molecule has 15 rings (SSSR count). The van der Waals surface area contributed by atoms with Crippen molar-refractivity contribution >= 4 is 48.4 Å². The quantitative estimate of drug-likeness (QED) is 0.0420. The van der Waals surface area contributed by atoms with Crippen LogP contribution in [0.4, 0.5) is 0 Å². The van der Waals surface area contributed by atoms with Crippen LogP contribution in [0, 0.1) is 35.5 Å². The van der Waals surface area contributed by atoms with Crippen molar-refractivity contribution in [2.75, 3.05) is 60.6 Å². The van der Waals surface area contributed by atoms with Gasteiger partial charge in [0.15, 0.2) is 0 Å². The maximum atomic E-state index is 11.2. The van der Waals surface area contributed by atoms with E-state index in [1.807, 2.05) is 72.8 Å². The lowest BCUT2D eigenvalue weighted by molar-refractivity contribution is -0.0445. The fourth-order valence-corrected chi connectivity index (χ4v) is 13.3. The first-order chi connectivity index (χ1) is 39.1. The minimum absolute atomic E-state index is 0.178. The molecular weight excluding hydrogens is 1090 g/mol. The Kier molecular flexibility index (Phi) is 20.9. The number of fused-ring (bicyclic) bond motifs is 12. The molecule has 9 aliphatic heterocycles. The van der Waals surface area contributed by atoms with Gasteiger partial charge in [-0.25, -0.2) is 9.13 Å². The Balaban J connectivity index is 0.000000148. The fourth-order valence-electron chi connectivity index (χ4n) is 13.3. The summed E-state index contributed by atoms with van der Waals surface area (Å²) >= 11 is 0. The monoisotopic (exact) mass is 1170 g/mol. The third-order valence-electron chi connectivity index (χ3n) is 17.5. The van der Waals surface area contributed by atoms with Crippen molar-refractivity contribution in [1.82, 2.24) is 29.7 Å². The molecular formula is C60H78N6O14P2. The maximum Gasteiger partial charge on any atom is 0.466 e. The SMILES string of the molecule is C=C[C@@H]1CN2CC[C@@H]1CC2[C@@H](O)c1ccnc2ccc(OC)cc12.C=C[C@@H]1CN2CC[C@@H]1CC2[C@@H](O)c1ccnc2ccc(OC)cc12.C=C[C@@H]1CN2CC[C@@H]1CC2[C@@H](O)c1ccnc2ccc(OC)cc12.O=P(O)(O)O.O=P(O)(O)O. The standard InChI is InChI=1S/3C20H24N2O2.2H3O4P/c3*1-3-13-12-22-9-7-14(13)10-19(22)20(23)16-6-8-21-18-5-4-15(24-2)11-17(16)18;2*1-5(2,3)4/h3*3-6,8,11,13-14,19-20,23H,1,7,9-10,12H2,2H3;2*(H3,1,2,3,4)/t3*13-,14-,19?,20+;;/m111../s1. The molecule has 6 aromatic rings. The van der Waals surface area contributed by atoms with Gasteiger partial charge >= 0.3 is 15.6 Å². The first-order valence-corrected chi connectivity index (χ1v) is 30.7. The average Bonchev–Trinajstić information content (AvgIpc) is 3.15. The van der Waals surface area contributed by atoms with Crippen LogP contribution in [-0.4, -0.2) is 153 Å². The van der Waals surface area contributed by atoms with Crippen LogP contribution in [0.2, 0.25) is 0 Å². The second kappa shape index (κ2) is 27.5. The molecule has 442 valence electrons. The lowest BCUT2D eigenvalue weighted by atomic mass is 9.73. The van der Waals surface area contributed by atoms with Crippen LogP contribution in [0.15, 0.2) is 129 Å². The number of methoxy groups -OCH3 is 3. The Bertz CT molecular complexity index is 2930. The highest BCUT2D eigenvalue weighted by molar-refractivity contribution is 7.45. The van der Waals surface area contributed by atoms with Crippen LogP contribution in [0.25, 0.3) is 32.7 Å². The highest BCUT2D eigenvalue weighted by Crippen LogP contribution is 2.45. The molecule has 9 fully saturated rings. The lowest BCUT2D eigenvalue weighted by Crippen LogP contribution is -2.54. The molecule has 9 N–H and O–H groups in total. The molecule has 12 heterocycles. The van der Waals surface area contributed by atoms with Gasteiger partial charge in [0.25, 0.3) is 0 Å². The van der Waals surface area contributed by atoms with Crippen molar-refractivity contribution < 1.29 is 68.0 Å². The smallest absolute Gasteiger partial charge is 0.466 e. The van der Waals surface area contributed by atoms with E-state index in [-0.39, 0.29) is 18.1 Å². The minimum Gasteiger partial charge on any atom is -0.497 e. The zero-order chi connectivity index (χ0) is 59.0. The van der Waals surface area contributed by atoms with E-state index in [0.29, 0.717) is 35.5 Å². The second-order valence-corrected chi connectivity index (χ2v) is 24.0. The maximum absolute atomic E-state index is 11.2. The van der Waals surface area contributed by atoms with E-state index in [2.05, 4.69) is 67.6 Å². The number of phosphoric acid groups is 2. The van der Waals surface area contributed by atoms with Crippen molar-refractivity contribution in [3.63, 3.8) is 0 Å². The van der Waals surface area contributed by atoms with Crippen LogP contribution in [0.5, 0.6) is 17.2 Å². The number of pyridine rings is 3. The van der Waals surface area contributed by atoms with Crippen molar-refractivity contribution in [1.29, 1.82) is 0 Å². The highest BCUT2D eigenvalue weighted by Gasteiger charge is 2.45. The molecule has 82 heavy (non-hydrogen) atoms. The Morgan fingerprint density at radius 1 is 0.476 bits per heavy atom. The van der Waals surface area contributed by atoms with Gasteiger partial charge in [0.2, 0.25) is 0 Å². The third-order valence-corrected chi connectivity index (χ3v) is 17.5. The van der Waals surface area contributed by atoms with Gasteiger partial charge in [-0.1, -0.05) is 18.2 Å². The van der Waals surface area contributed by atoms with E-state index in [0.717, 1.165) is 125 Å². The number of nitrogens with zero attached hydrogens (tertiary/aromatic N) is 6. The molecule has 15 atom stereocenters. The minimum atomic E-state index is -4.64. The molecule has 0 spiro atoms. The Morgan fingerprint density at radius 3 is 0.939 bits per heavy atom. The first-order valence-electron chi connectivity index (χ1n) is 27.6. The Morgan fingerprint density at radius 2 is 0.732 bits per heavy atom. The van der Waals surface area contributed by atoms with Crippen molar-refractivity contribution in [3.05, 3.63) is 146 Å². The van der Waals surface area contributed by atoms with Crippen molar-refractivity contribution in [3.8, 4) is 17.2 Å². The average molecular weight is 1170 g/mol. The van der Waals surface area contributed by atoms with Crippen LogP contribution in [0.1, 0.15) is 73.5 Å². The number of benzene rings is 3. The predicted octanol–water partition coefficient (Wildman–Crippen LogP) is 7.66.